The van der Waals surface area contributed by atoms with Crippen LogP contribution in [0.25, 0.3) is 0 Å². The zero-order valence-corrected chi connectivity index (χ0v) is 7.08. The van der Waals surface area contributed by atoms with Gasteiger partial charge in [-0.3, -0.25) is 9.19 Å². The van der Waals surface area contributed by atoms with Gasteiger partial charge in [0.2, 0.25) is 0 Å². The molecule has 1 unspecified atom stereocenters. The van der Waals surface area contributed by atoms with E-state index in [2.05, 4.69) is 4.98 Å². The normalized spacial score (nSPS) is 11.1. The Morgan fingerprint density at radius 3 is 1.91 bits per heavy atom. The van der Waals surface area contributed by atoms with Crippen molar-refractivity contribution in [3.8, 4) is 0 Å². The zero-order chi connectivity index (χ0) is 8.53. The van der Waals surface area contributed by atoms with Crippen LogP contribution in [-0.2, 0) is 11.1 Å². The predicted octanol–water partition coefficient (Wildman–Crippen LogP) is 0.967. The second-order valence-corrected chi connectivity index (χ2v) is 2.80. The van der Waals surface area contributed by atoms with Crippen LogP contribution in [0.5, 0.6) is 0 Å². The van der Waals surface area contributed by atoms with Crippen LogP contribution < -0.4 is 0 Å². The first-order valence-corrected chi connectivity index (χ1v) is 4.42. The molecule has 62 valence electrons. The van der Waals surface area contributed by atoms with Crippen LogP contribution in [0.3, 0.4) is 0 Å². The fourth-order valence-electron chi connectivity index (χ4n) is 0.313. The molecule has 0 saturated heterocycles. The van der Waals surface area contributed by atoms with Gasteiger partial charge in [0, 0.05) is 18.1 Å². The average molecular weight is 172 g/mol. The van der Waals surface area contributed by atoms with E-state index >= 15 is 0 Å². The van der Waals surface area contributed by atoms with Crippen LogP contribution >= 0.6 is 0 Å². The molecule has 1 rings (SSSR count). The van der Waals surface area contributed by atoms with E-state index in [0.29, 0.717) is 0 Å². The number of nitrogens with zero attached hydrogens (tertiary/aromatic N) is 1. The standard InChI is InChI=1S/C5H5N.C2H6O2S/c1-2-4-6-5-3-1;1-2-5(3)4/h1-5H;2H2,1H3,(H,3,4)/p-1. The number of hydrogen-bond acceptors (Lipinski definition) is 3. The molecular formula is C7H10NO2S-. The van der Waals surface area contributed by atoms with Gasteiger partial charge in [-0.05, 0) is 12.1 Å². The Morgan fingerprint density at radius 2 is 1.82 bits per heavy atom. The van der Waals surface area contributed by atoms with E-state index in [0.717, 1.165) is 0 Å². The molecule has 0 bridgehead atoms. The van der Waals surface area contributed by atoms with Gasteiger partial charge in [-0.15, -0.1) is 0 Å². The molecule has 4 heteroatoms. The molecule has 0 amide bonds. The van der Waals surface area contributed by atoms with Crippen molar-refractivity contribution in [2.24, 2.45) is 0 Å². The van der Waals surface area contributed by atoms with Crippen LogP contribution in [0.4, 0.5) is 0 Å². The lowest BCUT2D eigenvalue weighted by molar-refractivity contribution is 0.538. The maximum absolute atomic E-state index is 9.37. The van der Waals surface area contributed by atoms with Crippen molar-refractivity contribution in [1.29, 1.82) is 0 Å². The molecule has 0 aliphatic heterocycles. The van der Waals surface area contributed by atoms with Crippen LogP contribution in [0.2, 0.25) is 0 Å². The first-order valence-electron chi connectivity index (χ1n) is 3.18. The maximum atomic E-state index is 9.37. The van der Waals surface area contributed by atoms with Gasteiger partial charge in [-0.2, -0.15) is 0 Å². The Balaban J connectivity index is 0.000000187. The average Bonchev–Trinajstić information content (AvgIpc) is 2.09. The lowest BCUT2D eigenvalue weighted by Gasteiger charge is -1.93. The van der Waals surface area contributed by atoms with E-state index in [-0.39, 0.29) is 5.75 Å². The molecule has 0 aromatic carbocycles. The SMILES string of the molecule is CCS(=O)[O-].c1ccncc1. The fraction of sp³-hybridized carbons (Fsp3) is 0.286. The van der Waals surface area contributed by atoms with Gasteiger partial charge in [0.05, 0.1) is 0 Å². The molecular weight excluding hydrogens is 162 g/mol. The minimum Gasteiger partial charge on any atom is -0.772 e. The lowest BCUT2D eigenvalue weighted by atomic mass is 10.5. The van der Waals surface area contributed by atoms with Crippen LogP contribution in [-0.4, -0.2) is 19.5 Å². The molecule has 11 heavy (non-hydrogen) atoms. The smallest absolute Gasteiger partial charge is 0.0267 e. The molecule has 0 radical (unpaired) electrons. The van der Waals surface area contributed by atoms with Crippen molar-refractivity contribution < 1.29 is 8.76 Å². The van der Waals surface area contributed by atoms with Crippen molar-refractivity contribution in [3.05, 3.63) is 30.6 Å². The first-order chi connectivity index (χ1) is 5.27. The summed E-state index contributed by atoms with van der Waals surface area (Å²) in [6.45, 7) is 1.59. The van der Waals surface area contributed by atoms with Gasteiger partial charge in [0.15, 0.2) is 0 Å². The van der Waals surface area contributed by atoms with E-state index in [1.165, 1.54) is 0 Å². The first kappa shape index (κ1) is 10.3. The van der Waals surface area contributed by atoms with Gasteiger partial charge in [0.1, 0.15) is 0 Å². The second kappa shape index (κ2) is 7.37. The molecule has 1 heterocycles. The molecule has 0 saturated carbocycles. The Morgan fingerprint density at radius 1 is 1.36 bits per heavy atom. The van der Waals surface area contributed by atoms with Crippen molar-refractivity contribution in [2.45, 2.75) is 6.92 Å². The Kier molecular flexibility index (Phi) is 6.87. The summed E-state index contributed by atoms with van der Waals surface area (Å²) in [5.74, 6) is 0.222. The molecule has 0 fully saturated rings. The van der Waals surface area contributed by atoms with Crippen LogP contribution in [0.1, 0.15) is 6.92 Å². The molecule has 3 nitrogen and oxygen atoms in total. The third kappa shape index (κ3) is 9.26. The highest BCUT2D eigenvalue weighted by Crippen LogP contribution is 1.73. The third-order valence-corrected chi connectivity index (χ3v) is 1.27. The highest BCUT2D eigenvalue weighted by atomic mass is 32.2. The predicted molar refractivity (Wildman–Crippen MR) is 43.7 cm³/mol. The molecule has 0 aliphatic carbocycles. The van der Waals surface area contributed by atoms with Crippen molar-refractivity contribution >= 4 is 11.1 Å². The fourth-order valence-corrected chi connectivity index (χ4v) is 0.313. The van der Waals surface area contributed by atoms with Crippen molar-refractivity contribution in [3.63, 3.8) is 0 Å². The van der Waals surface area contributed by atoms with Crippen LogP contribution in [0, 0.1) is 0 Å². The molecule has 0 N–H and O–H groups in total. The van der Waals surface area contributed by atoms with E-state index < -0.39 is 11.1 Å². The Bertz CT molecular complexity index is 164. The topological polar surface area (TPSA) is 53.0 Å². The monoisotopic (exact) mass is 172 g/mol. The van der Waals surface area contributed by atoms with Crippen molar-refractivity contribution in [1.82, 2.24) is 4.98 Å². The third-order valence-electron chi connectivity index (χ3n) is 0.802. The van der Waals surface area contributed by atoms with Gasteiger partial charge < -0.3 is 4.55 Å². The van der Waals surface area contributed by atoms with Gasteiger partial charge in [0.25, 0.3) is 0 Å². The zero-order valence-electron chi connectivity index (χ0n) is 6.27. The summed E-state index contributed by atoms with van der Waals surface area (Å²) in [6, 6.07) is 5.72. The second-order valence-electron chi connectivity index (χ2n) is 1.62. The van der Waals surface area contributed by atoms with E-state index in [9.17, 15) is 8.76 Å². The molecule has 0 aliphatic rings. The highest BCUT2D eigenvalue weighted by molar-refractivity contribution is 7.79. The summed E-state index contributed by atoms with van der Waals surface area (Å²) in [5.41, 5.74) is 0. The maximum Gasteiger partial charge on any atom is 0.0267 e. The summed E-state index contributed by atoms with van der Waals surface area (Å²) >= 11 is -1.82. The quantitative estimate of drug-likeness (QED) is 0.593. The summed E-state index contributed by atoms with van der Waals surface area (Å²) in [6.07, 6.45) is 3.50. The van der Waals surface area contributed by atoms with Gasteiger partial charge >= 0.3 is 0 Å². The molecule has 1 atom stereocenters. The minimum absolute atomic E-state index is 0.222. The number of pyridine rings is 1. The summed E-state index contributed by atoms with van der Waals surface area (Å²) in [5, 5.41) is 0. The Hall–Kier alpha value is -0.740. The van der Waals surface area contributed by atoms with E-state index in [1.807, 2.05) is 18.2 Å². The summed E-state index contributed by atoms with van der Waals surface area (Å²) < 4.78 is 18.7. The largest absolute Gasteiger partial charge is 0.772 e. The minimum atomic E-state index is -1.82. The van der Waals surface area contributed by atoms with Crippen LogP contribution in [0.15, 0.2) is 30.6 Å². The van der Waals surface area contributed by atoms with Gasteiger partial charge in [-0.25, -0.2) is 0 Å². The molecule has 1 aromatic heterocycles. The Labute approximate surface area is 68.8 Å². The van der Waals surface area contributed by atoms with Crippen molar-refractivity contribution in [2.75, 3.05) is 5.75 Å². The lowest BCUT2D eigenvalue weighted by Crippen LogP contribution is -1.85. The summed E-state index contributed by atoms with van der Waals surface area (Å²) in [4.78, 5) is 3.78. The number of aromatic nitrogens is 1. The van der Waals surface area contributed by atoms with E-state index in [1.54, 1.807) is 19.3 Å². The van der Waals surface area contributed by atoms with Gasteiger partial charge in [-0.1, -0.05) is 24.1 Å². The molecule has 0 spiro atoms. The number of hydrogen-bond donors (Lipinski definition) is 0. The number of rotatable bonds is 1. The highest BCUT2D eigenvalue weighted by Gasteiger charge is 1.62. The summed E-state index contributed by atoms with van der Waals surface area (Å²) in [7, 11) is 0. The molecule has 1 aromatic rings. The van der Waals surface area contributed by atoms with E-state index in [4.69, 9.17) is 0 Å².